The van der Waals surface area contributed by atoms with Crippen molar-refractivity contribution in [3.63, 3.8) is 0 Å². The number of thiophene rings is 1. The Morgan fingerprint density at radius 2 is 2.18 bits per heavy atom. The molecule has 0 amide bonds. The molecule has 0 saturated carbocycles. The fourth-order valence-corrected chi connectivity index (χ4v) is 6.47. The lowest BCUT2D eigenvalue weighted by Crippen LogP contribution is -2.42. The van der Waals surface area contributed by atoms with E-state index < -0.39 is 10.0 Å². The van der Waals surface area contributed by atoms with Gasteiger partial charge in [0.15, 0.2) is 0 Å². The SMILES string of the molecule is Cn1nccc1C1=CC2CCC(C1)N2S(=O)(=O)c1cccs1. The molecule has 5 nitrogen and oxygen atoms in total. The molecular formula is C15H17N3O2S2. The molecule has 7 heteroatoms. The molecule has 2 aliphatic rings. The van der Waals surface area contributed by atoms with Crippen LogP contribution in [0.3, 0.4) is 0 Å². The summed E-state index contributed by atoms with van der Waals surface area (Å²) in [6.45, 7) is 0. The Labute approximate surface area is 133 Å². The van der Waals surface area contributed by atoms with E-state index in [2.05, 4.69) is 11.2 Å². The van der Waals surface area contributed by atoms with E-state index in [0.717, 1.165) is 25.0 Å². The summed E-state index contributed by atoms with van der Waals surface area (Å²) in [4.78, 5) is 0. The molecule has 2 atom stereocenters. The van der Waals surface area contributed by atoms with E-state index in [1.807, 2.05) is 23.2 Å². The molecule has 116 valence electrons. The third-order valence-corrected chi connectivity index (χ3v) is 7.86. The Balaban J connectivity index is 1.72. The number of hydrogen-bond donors (Lipinski definition) is 0. The predicted octanol–water partition coefficient (Wildman–Crippen LogP) is 2.49. The molecule has 2 bridgehead atoms. The maximum atomic E-state index is 12.9. The van der Waals surface area contributed by atoms with Gasteiger partial charge in [0.05, 0.1) is 5.69 Å². The predicted molar refractivity (Wildman–Crippen MR) is 86.0 cm³/mol. The summed E-state index contributed by atoms with van der Waals surface area (Å²) in [7, 11) is -1.45. The quantitative estimate of drug-likeness (QED) is 0.866. The van der Waals surface area contributed by atoms with Crippen molar-refractivity contribution < 1.29 is 8.42 Å². The molecule has 1 fully saturated rings. The molecule has 0 aliphatic carbocycles. The van der Waals surface area contributed by atoms with Gasteiger partial charge in [-0.3, -0.25) is 4.68 Å². The standard InChI is InChI=1S/C15H17N3O2S2/c1-17-14(6-7-16-17)11-9-12-4-5-13(10-11)18(12)22(19,20)15-3-2-8-21-15/h2-3,6-9,12-13H,4-5,10H2,1H3. The molecule has 4 heterocycles. The smallest absolute Gasteiger partial charge is 0.253 e. The van der Waals surface area contributed by atoms with Crippen molar-refractivity contribution in [3.05, 3.63) is 41.5 Å². The Bertz CT molecular complexity index is 821. The molecule has 2 aromatic rings. The topological polar surface area (TPSA) is 55.2 Å². The van der Waals surface area contributed by atoms with Gasteiger partial charge in [-0.2, -0.15) is 9.40 Å². The first kappa shape index (κ1) is 14.2. The van der Waals surface area contributed by atoms with E-state index in [1.54, 1.807) is 22.6 Å². The molecule has 0 spiro atoms. The zero-order valence-electron chi connectivity index (χ0n) is 12.2. The van der Waals surface area contributed by atoms with E-state index in [-0.39, 0.29) is 12.1 Å². The van der Waals surface area contributed by atoms with Crippen LogP contribution in [-0.2, 0) is 17.1 Å². The highest BCUT2D eigenvalue weighted by atomic mass is 32.2. The zero-order valence-corrected chi connectivity index (χ0v) is 13.8. The maximum absolute atomic E-state index is 12.9. The summed E-state index contributed by atoms with van der Waals surface area (Å²) < 4.78 is 29.7. The Kier molecular flexibility index (Phi) is 3.25. The number of aromatic nitrogens is 2. The highest BCUT2D eigenvalue weighted by Crippen LogP contribution is 2.42. The van der Waals surface area contributed by atoms with Crippen molar-refractivity contribution >= 4 is 26.9 Å². The Morgan fingerprint density at radius 3 is 2.82 bits per heavy atom. The second kappa shape index (κ2) is 5.04. The molecule has 2 aromatic heterocycles. The van der Waals surface area contributed by atoms with Gasteiger partial charge in [-0.1, -0.05) is 12.1 Å². The average Bonchev–Trinajstić information content (AvgIpc) is 3.19. The number of aryl methyl sites for hydroxylation is 1. The number of sulfonamides is 1. The van der Waals surface area contributed by atoms with Crippen LogP contribution in [-0.4, -0.2) is 34.6 Å². The molecule has 0 radical (unpaired) electrons. The highest BCUT2D eigenvalue weighted by molar-refractivity contribution is 7.91. The van der Waals surface area contributed by atoms with Crippen LogP contribution in [0.2, 0.25) is 0 Å². The molecule has 2 unspecified atom stereocenters. The minimum atomic E-state index is -3.37. The lowest BCUT2D eigenvalue weighted by atomic mass is 10.0. The maximum Gasteiger partial charge on any atom is 0.253 e. The number of hydrogen-bond acceptors (Lipinski definition) is 4. The van der Waals surface area contributed by atoms with Crippen LogP contribution in [0.4, 0.5) is 0 Å². The van der Waals surface area contributed by atoms with Crippen LogP contribution in [0.15, 0.2) is 40.1 Å². The molecule has 0 aromatic carbocycles. The fourth-order valence-electron chi connectivity index (χ4n) is 3.56. The van der Waals surface area contributed by atoms with Gasteiger partial charge < -0.3 is 0 Å². The van der Waals surface area contributed by atoms with Gasteiger partial charge in [-0.05, 0) is 42.3 Å². The second-order valence-electron chi connectivity index (χ2n) is 5.80. The highest BCUT2D eigenvalue weighted by Gasteiger charge is 2.44. The van der Waals surface area contributed by atoms with Crippen molar-refractivity contribution in [2.24, 2.45) is 7.05 Å². The van der Waals surface area contributed by atoms with Crippen molar-refractivity contribution in [2.75, 3.05) is 0 Å². The van der Waals surface area contributed by atoms with Gasteiger partial charge in [-0.15, -0.1) is 11.3 Å². The third kappa shape index (κ3) is 2.07. The zero-order chi connectivity index (χ0) is 15.3. The van der Waals surface area contributed by atoms with E-state index in [4.69, 9.17) is 0 Å². The summed E-state index contributed by atoms with van der Waals surface area (Å²) in [5.74, 6) is 0. The number of fused-ring (bicyclic) bond motifs is 2. The van der Waals surface area contributed by atoms with E-state index >= 15 is 0 Å². The molecule has 4 rings (SSSR count). The van der Waals surface area contributed by atoms with Crippen LogP contribution in [0, 0.1) is 0 Å². The van der Waals surface area contributed by atoms with E-state index in [0.29, 0.717) is 4.21 Å². The minimum Gasteiger partial charge on any atom is -0.268 e. The van der Waals surface area contributed by atoms with Gasteiger partial charge in [0.2, 0.25) is 0 Å². The molecular weight excluding hydrogens is 318 g/mol. The molecule has 22 heavy (non-hydrogen) atoms. The van der Waals surface area contributed by atoms with Crippen molar-refractivity contribution in [3.8, 4) is 0 Å². The first-order valence-corrected chi connectivity index (χ1v) is 9.65. The second-order valence-corrected chi connectivity index (χ2v) is 8.82. The summed E-state index contributed by atoms with van der Waals surface area (Å²) >= 11 is 1.29. The normalized spacial score (nSPS) is 25.4. The van der Waals surface area contributed by atoms with Gasteiger partial charge >= 0.3 is 0 Å². The van der Waals surface area contributed by atoms with Gasteiger partial charge in [0.1, 0.15) is 4.21 Å². The summed E-state index contributed by atoms with van der Waals surface area (Å²) in [6, 6.07) is 5.51. The molecule has 2 aliphatic heterocycles. The van der Waals surface area contributed by atoms with Gasteiger partial charge in [-0.25, -0.2) is 8.42 Å². The Morgan fingerprint density at radius 1 is 1.32 bits per heavy atom. The fraction of sp³-hybridized carbons (Fsp3) is 0.400. The van der Waals surface area contributed by atoms with E-state index in [9.17, 15) is 8.42 Å². The molecule has 1 saturated heterocycles. The number of rotatable bonds is 3. The van der Waals surface area contributed by atoms with E-state index in [1.165, 1.54) is 16.9 Å². The third-order valence-electron chi connectivity index (χ3n) is 4.51. The Hall–Kier alpha value is -1.44. The van der Waals surface area contributed by atoms with Gasteiger partial charge in [0.25, 0.3) is 10.0 Å². The summed E-state index contributed by atoms with van der Waals surface area (Å²) in [5.41, 5.74) is 2.30. The van der Waals surface area contributed by atoms with Crippen LogP contribution in [0.5, 0.6) is 0 Å². The average molecular weight is 335 g/mol. The first-order chi connectivity index (χ1) is 10.6. The largest absolute Gasteiger partial charge is 0.268 e. The lowest BCUT2D eigenvalue weighted by Gasteiger charge is -2.32. The lowest BCUT2D eigenvalue weighted by molar-refractivity contribution is 0.346. The van der Waals surface area contributed by atoms with Crippen molar-refractivity contribution in [1.82, 2.24) is 14.1 Å². The van der Waals surface area contributed by atoms with Crippen molar-refractivity contribution in [2.45, 2.75) is 35.6 Å². The summed E-state index contributed by atoms with van der Waals surface area (Å²) in [6.07, 6.45) is 6.49. The van der Waals surface area contributed by atoms with Crippen LogP contribution in [0.1, 0.15) is 25.0 Å². The monoisotopic (exact) mass is 335 g/mol. The number of nitrogens with zero attached hydrogens (tertiary/aromatic N) is 3. The minimum absolute atomic E-state index is 0.0317. The van der Waals surface area contributed by atoms with Crippen LogP contribution < -0.4 is 0 Å². The first-order valence-electron chi connectivity index (χ1n) is 7.33. The molecule has 0 N–H and O–H groups in total. The van der Waals surface area contributed by atoms with Crippen molar-refractivity contribution in [1.29, 1.82) is 0 Å². The van der Waals surface area contributed by atoms with Crippen LogP contribution >= 0.6 is 11.3 Å². The van der Waals surface area contributed by atoms with Crippen LogP contribution in [0.25, 0.3) is 5.57 Å². The van der Waals surface area contributed by atoms with Gasteiger partial charge in [0, 0.05) is 25.3 Å². The summed E-state index contributed by atoms with van der Waals surface area (Å²) in [5, 5.41) is 6.03.